The molecule has 0 aromatic carbocycles. The number of hydrogen-bond acceptors (Lipinski definition) is 1. The summed E-state index contributed by atoms with van der Waals surface area (Å²) < 4.78 is 0. The predicted molar refractivity (Wildman–Crippen MR) is 40.5 cm³/mol. The topological polar surface area (TPSA) is 3.24 Å². The van der Waals surface area contributed by atoms with Crippen molar-refractivity contribution >= 4 is 0 Å². The van der Waals surface area contributed by atoms with Gasteiger partial charge in [0.25, 0.3) is 0 Å². The summed E-state index contributed by atoms with van der Waals surface area (Å²) in [6, 6.07) is 0.740. The van der Waals surface area contributed by atoms with Crippen LogP contribution in [0.4, 0.5) is 0 Å². The molecule has 0 N–H and O–H groups in total. The zero-order chi connectivity index (χ0) is 6.69. The molecule has 1 nitrogen and oxygen atoms in total. The fourth-order valence-corrected chi connectivity index (χ4v) is 1.09. The summed E-state index contributed by atoms with van der Waals surface area (Å²) in [6.07, 6.45) is 7.01. The van der Waals surface area contributed by atoms with Crippen LogP contribution in [0.1, 0.15) is 19.8 Å². The van der Waals surface area contributed by atoms with Crippen LogP contribution in [0.2, 0.25) is 0 Å². The van der Waals surface area contributed by atoms with Crippen molar-refractivity contribution in [3.63, 3.8) is 0 Å². The van der Waals surface area contributed by atoms with Crippen LogP contribution in [0.5, 0.6) is 0 Å². The minimum atomic E-state index is 0.740. The molecule has 1 unspecified atom stereocenters. The van der Waals surface area contributed by atoms with Gasteiger partial charge in [-0.05, 0) is 26.8 Å². The molecule has 1 aliphatic rings. The van der Waals surface area contributed by atoms with Crippen LogP contribution in [0.15, 0.2) is 12.2 Å². The first-order valence-corrected chi connectivity index (χ1v) is 3.66. The Morgan fingerprint density at radius 2 is 2.22 bits per heavy atom. The first-order chi connectivity index (χ1) is 4.30. The van der Waals surface area contributed by atoms with E-state index in [1.165, 1.54) is 19.4 Å². The van der Waals surface area contributed by atoms with Crippen LogP contribution >= 0.6 is 0 Å². The van der Waals surface area contributed by atoms with Gasteiger partial charge in [-0.15, -0.1) is 0 Å². The molecule has 0 amide bonds. The molecule has 1 rings (SSSR count). The first-order valence-electron chi connectivity index (χ1n) is 3.66. The van der Waals surface area contributed by atoms with E-state index < -0.39 is 0 Å². The Morgan fingerprint density at radius 1 is 1.44 bits per heavy atom. The van der Waals surface area contributed by atoms with Gasteiger partial charge < -0.3 is 4.90 Å². The van der Waals surface area contributed by atoms with Crippen LogP contribution in [0.25, 0.3) is 0 Å². The van der Waals surface area contributed by atoms with Crippen LogP contribution in [0, 0.1) is 0 Å². The zero-order valence-corrected chi connectivity index (χ0v) is 6.30. The van der Waals surface area contributed by atoms with Crippen molar-refractivity contribution < 1.29 is 0 Å². The molecule has 0 aromatic rings. The Labute approximate surface area is 57.4 Å². The molecule has 1 heteroatoms. The fraction of sp³-hybridized carbons (Fsp3) is 0.750. The van der Waals surface area contributed by atoms with Crippen molar-refractivity contribution in [2.24, 2.45) is 0 Å². The smallest absolute Gasteiger partial charge is 0.00985 e. The van der Waals surface area contributed by atoms with Crippen LogP contribution in [0.3, 0.4) is 0 Å². The average Bonchev–Trinajstić information content (AvgIpc) is 1.99. The van der Waals surface area contributed by atoms with E-state index in [9.17, 15) is 0 Å². The van der Waals surface area contributed by atoms with Gasteiger partial charge in [0.2, 0.25) is 0 Å². The van der Waals surface area contributed by atoms with Crippen molar-refractivity contribution in [1.82, 2.24) is 4.90 Å². The van der Waals surface area contributed by atoms with Crippen LogP contribution in [-0.2, 0) is 0 Å². The second-order valence-electron chi connectivity index (χ2n) is 2.83. The lowest BCUT2D eigenvalue weighted by molar-refractivity contribution is 0.270. The highest BCUT2D eigenvalue weighted by molar-refractivity contribution is 4.89. The highest BCUT2D eigenvalue weighted by Gasteiger charge is 2.07. The van der Waals surface area contributed by atoms with E-state index in [1.807, 2.05) is 0 Å². The zero-order valence-electron chi connectivity index (χ0n) is 6.30. The third-order valence-electron chi connectivity index (χ3n) is 2.04. The van der Waals surface area contributed by atoms with E-state index in [-0.39, 0.29) is 0 Å². The summed E-state index contributed by atoms with van der Waals surface area (Å²) in [5.41, 5.74) is 0. The van der Waals surface area contributed by atoms with Gasteiger partial charge in [0.15, 0.2) is 0 Å². The Bertz CT molecular complexity index is 107. The third kappa shape index (κ3) is 1.83. The Balaban J connectivity index is 2.42. The lowest BCUT2D eigenvalue weighted by Gasteiger charge is -2.20. The van der Waals surface area contributed by atoms with E-state index in [4.69, 9.17) is 0 Å². The Hall–Kier alpha value is -0.300. The fourth-order valence-electron chi connectivity index (χ4n) is 1.09. The summed E-state index contributed by atoms with van der Waals surface area (Å²) in [4.78, 5) is 2.40. The maximum Gasteiger partial charge on any atom is 0.00985 e. The minimum Gasteiger partial charge on any atom is -0.303 e. The number of nitrogens with zero attached hydrogens (tertiary/aromatic N) is 1. The van der Waals surface area contributed by atoms with E-state index >= 15 is 0 Å². The van der Waals surface area contributed by atoms with Gasteiger partial charge in [-0.1, -0.05) is 12.2 Å². The van der Waals surface area contributed by atoms with Gasteiger partial charge in [-0.25, -0.2) is 0 Å². The van der Waals surface area contributed by atoms with Gasteiger partial charge in [0, 0.05) is 12.6 Å². The summed E-state index contributed by atoms with van der Waals surface area (Å²) in [5, 5.41) is 0. The molecule has 0 spiro atoms. The number of hydrogen-bond donors (Lipinski definition) is 0. The van der Waals surface area contributed by atoms with E-state index in [1.54, 1.807) is 0 Å². The summed E-state index contributed by atoms with van der Waals surface area (Å²) in [6.45, 7) is 3.49. The Kier molecular flexibility index (Phi) is 2.29. The van der Waals surface area contributed by atoms with Gasteiger partial charge in [0.05, 0.1) is 0 Å². The molecule has 0 fully saturated rings. The van der Waals surface area contributed by atoms with E-state index in [0.29, 0.717) is 0 Å². The predicted octanol–water partition coefficient (Wildman–Crippen LogP) is 1.66. The highest BCUT2D eigenvalue weighted by atomic mass is 15.1. The molecule has 0 saturated carbocycles. The molecule has 0 saturated heterocycles. The van der Waals surface area contributed by atoms with Gasteiger partial charge in [-0.2, -0.15) is 0 Å². The van der Waals surface area contributed by atoms with Crippen molar-refractivity contribution in [2.75, 3.05) is 13.6 Å². The molecule has 52 valence electrons. The van der Waals surface area contributed by atoms with Gasteiger partial charge >= 0.3 is 0 Å². The minimum absolute atomic E-state index is 0.740. The second-order valence-corrected chi connectivity index (χ2v) is 2.83. The van der Waals surface area contributed by atoms with Crippen molar-refractivity contribution in [3.05, 3.63) is 12.2 Å². The van der Waals surface area contributed by atoms with E-state index in [2.05, 4.69) is 31.0 Å². The molecule has 9 heavy (non-hydrogen) atoms. The molecule has 1 aliphatic heterocycles. The van der Waals surface area contributed by atoms with Crippen molar-refractivity contribution in [2.45, 2.75) is 25.8 Å². The highest BCUT2D eigenvalue weighted by Crippen LogP contribution is 2.07. The second kappa shape index (κ2) is 3.02. The van der Waals surface area contributed by atoms with Crippen molar-refractivity contribution in [1.29, 1.82) is 0 Å². The Morgan fingerprint density at radius 3 is 3.00 bits per heavy atom. The molecule has 1 atom stereocenters. The SMILES string of the molecule is CC1CC=CCCN1C. The van der Waals surface area contributed by atoms with Crippen LogP contribution < -0.4 is 0 Å². The summed E-state index contributed by atoms with van der Waals surface area (Å²) in [7, 11) is 2.19. The van der Waals surface area contributed by atoms with Gasteiger partial charge in [-0.3, -0.25) is 0 Å². The van der Waals surface area contributed by atoms with E-state index in [0.717, 1.165) is 6.04 Å². The lowest BCUT2D eigenvalue weighted by Crippen LogP contribution is -2.27. The average molecular weight is 125 g/mol. The standard InChI is InChI=1S/C8H15N/c1-8-6-4-3-5-7-9(8)2/h3-4,8H,5-7H2,1-2H3. The van der Waals surface area contributed by atoms with Crippen molar-refractivity contribution in [3.8, 4) is 0 Å². The molecule has 0 bridgehead atoms. The largest absolute Gasteiger partial charge is 0.303 e. The molecule has 1 heterocycles. The third-order valence-corrected chi connectivity index (χ3v) is 2.04. The summed E-state index contributed by atoms with van der Waals surface area (Å²) >= 11 is 0. The molecule has 0 aromatic heterocycles. The normalized spacial score (nSPS) is 30.2. The maximum absolute atomic E-state index is 2.40. The number of rotatable bonds is 0. The quantitative estimate of drug-likeness (QED) is 0.445. The van der Waals surface area contributed by atoms with Crippen LogP contribution in [-0.4, -0.2) is 24.5 Å². The summed E-state index contributed by atoms with van der Waals surface area (Å²) in [5.74, 6) is 0. The molecular formula is C8H15N. The monoisotopic (exact) mass is 125 g/mol. The molecule has 0 aliphatic carbocycles. The van der Waals surface area contributed by atoms with Gasteiger partial charge in [0.1, 0.15) is 0 Å². The molecular weight excluding hydrogens is 110 g/mol. The molecule has 0 radical (unpaired) electrons. The lowest BCUT2D eigenvalue weighted by atomic mass is 10.2. The first kappa shape index (κ1) is 6.81. The maximum atomic E-state index is 2.40.